The maximum absolute atomic E-state index is 2.51. The van der Waals surface area contributed by atoms with Gasteiger partial charge in [0, 0.05) is 44.3 Å². The molecule has 358 valence electrons. The van der Waals surface area contributed by atoms with Gasteiger partial charge >= 0.3 is 0 Å². The Morgan fingerprint density at radius 2 is 0.554 bits per heavy atom. The van der Waals surface area contributed by atoms with Crippen LogP contribution in [-0.4, -0.2) is 16.1 Å². The highest BCUT2D eigenvalue weighted by Crippen LogP contribution is 2.52. The van der Waals surface area contributed by atoms with Gasteiger partial charge in [0.05, 0.1) is 27.5 Å². The van der Waals surface area contributed by atoms with Crippen LogP contribution in [0.15, 0.2) is 255 Å². The quantitative estimate of drug-likeness (QED) is 0.0889. The Morgan fingerprint density at radius 3 is 0.892 bits per heavy atom. The zero-order chi connectivity index (χ0) is 50.6. The monoisotopic (exact) mass is 984 g/mol. The van der Waals surface area contributed by atoms with Gasteiger partial charge in [-0.3, -0.25) is 0 Å². The van der Waals surface area contributed by atoms with Gasteiger partial charge in [0.1, 0.15) is 0 Å². The van der Waals surface area contributed by atoms with E-state index in [4.69, 9.17) is 0 Å². The molecule has 12 aromatic carbocycles. The number of hydrogen-bond acceptors (Lipinski definition) is 2. The van der Waals surface area contributed by atoms with Crippen molar-refractivity contribution in [3.63, 3.8) is 0 Å². The van der Waals surface area contributed by atoms with Crippen LogP contribution < -0.4 is 20.2 Å². The predicted molar refractivity (Wildman–Crippen MR) is 327 cm³/mol. The van der Waals surface area contributed by atoms with Crippen LogP contribution in [0, 0.1) is 0 Å². The van der Waals surface area contributed by atoms with Crippen LogP contribution >= 0.6 is 0 Å². The first kappa shape index (κ1) is 46.8. The molecular weight excluding hydrogens is 925 g/mol. The Hall–Kier alpha value is -8.29. The fourth-order valence-electron chi connectivity index (χ4n) is 11.0. The van der Waals surface area contributed by atoms with E-state index in [2.05, 4.69) is 304 Å². The number of anilines is 6. The smallest absolute Gasteiger partial charge is 0.0775 e. The van der Waals surface area contributed by atoms with E-state index in [0.717, 1.165) is 34.1 Å². The molecule has 0 unspecified atom stereocenters. The summed E-state index contributed by atoms with van der Waals surface area (Å²) in [5, 5.41) is 10.2. The Bertz CT molecular complexity index is 3670. The van der Waals surface area contributed by atoms with Crippen LogP contribution in [0.4, 0.5) is 34.1 Å². The van der Waals surface area contributed by atoms with Crippen molar-refractivity contribution in [3.05, 3.63) is 255 Å². The molecule has 12 rings (SSSR count). The minimum Gasteiger partial charge on any atom is -0.310 e. The van der Waals surface area contributed by atoms with Crippen molar-refractivity contribution in [2.75, 3.05) is 9.80 Å². The maximum Gasteiger partial charge on any atom is 0.0775 e. The largest absolute Gasteiger partial charge is 0.310 e. The van der Waals surface area contributed by atoms with Crippen LogP contribution in [0.25, 0.3) is 76.8 Å². The number of benzene rings is 12. The lowest BCUT2D eigenvalue weighted by molar-refractivity contribution is 1.30. The van der Waals surface area contributed by atoms with Crippen molar-refractivity contribution in [3.8, 4) is 44.5 Å². The van der Waals surface area contributed by atoms with Gasteiger partial charge in [0.25, 0.3) is 0 Å². The summed E-state index contributed by atoms with van der Waals surface area (Å²) in [7, 11) is -3.19. The second-order valence-electron chi connectivity index (χ2n) is 21.8. The zero-order valence-corrected chi connectivity index (χ0v) is 45.1. The summed E-state index contributed by atoms with van der Waals surface area (Å²) in [5.74, 6) is 0. The van der Waals surface area contributed by atoms with Gasteiger partial charge in [-0.1, -0.05) is 244 Å². The third-order valence-corrected chi connectivity index (χ3v) is 19.0. The highest BCUT2D eigenvalue weighted by Gasteiger charge is 2.27. The molecule has 0 heterocycles. The molecule has 0 fully saturated rings. The molecule has 0 aliphatic carbocycles. The minimum atomic E-state index is -1.59. The SMILES string of the molecule is C[Si](C)(C)c1ccc(N(c2cccc(-c3ccccc3)c2)c2cc(-c3ccccc3)c3ccc4c(N(c5ccc([Si](C)(C)C)cc5)c5cccc(-c6ccccc6)c5)cc(-c5ccccc5)c5ccc2c3c54)cc1. The van der Waals surface area contributed by atoms with Crippen molar-refractivity contribution < 1.29 is 0 Å². The van der Waals surface area contributed by atoms with Crippen LogP contribution in [0.1, 0.15) is 0 Å². The molecule has 0 saturated heterocycles. The Labute approximate surface area is 438 Å². The number of hydrogen-bond donors (Lipinski definition) is 0. The Balaban J connectivity index is 1.20. The highest BCUT2D eigenvalue weighted by molar-refractivity contribution is 6.89. The van der Waals surface area contributed by atoms with E-state index >= 15 is 0 Å². The molecule has 74 heavy (non-hydrogen) atoms. The van der Waals surface area contributed by atoms with Gasteiger partial charge in [-0.05, 0) is 116 Å². The van der Waals surface area contributed by atoms with Crippen LogP contribution in [0.3, 0.4) is 0 Å². The molecule has 0 N–H and O–H groups in total. The van der Waals surface area contributed by atoms with E-state index in [1.807, 2.05) is 0 Å². The first-order valence-electron chi connectivity index (χ1n) is 26.0. The first-order chi connectivity index (χ1) is 36.0. The van der Waals surface area contributed by atoms with Crippen molar-refractivity contribution >= 4 is 93.0 Å². The summed E-state index contributed by atoms with van der Waals surface area (Å²) in [5.41, 5.74) is 16.3. The molecule has 0 amide bonds. The average Bonchev–Trinajstić information content (AvgIpc) is 3.44. The molecule has 0 aromatic heterocycles. The molecular formula is C70H60N2Si2. The van der Waals surface area contributed by atoms with E-state index in [-0.39, 0.29) is 0 Å². The van der Waals surface area contributed by atoms with Gasteiger partial charge in [-0.15, -0.1) is 0 Å². The number of nitrogens with zero attached hydrogens (tertiary/aromatic N) is 2. The van der Waals surface area contributed by atoms with E-state index in [0.29, 0.717) is 0 Å². The standard InChI is InChI=1S/C70H60N2Si2/c1-73(2,3)59-37-33-55(34-38-59)71(57-31-19-29-53(45-57)49-21-11-7-12-22-49)67-47-65(51-25-15-9-16-26-51)61-42-44-64-68(48-66(52-27-17-10-18-28-52)62-41-43-63(67)69(61)70(62)64)72(56-35-39-60(40-36-56)74(4,5)6)58-32-20-30-54(46-58)50-23-13-8-14-24-50/h7-48H,1-6H3. The predicted octanol–water partition coefficient (Wildman–Crippen LogP) is 19.3. The molecule has 0 aliphatic heterocycles. The lowest BCUT2D eigenvalue weighted by atomic mass is 9.85. The van der Waals surface area contributed by atoms with Gasteiger partial charge in [-0.2, -0.15) is 0 Å². The molecule has 4 heteroatoms. The normalized spacial score (nSPS) is 11.9. The Kier molecular flexibility index (Phi) is 12.0. The first-order valence-corrected chi connectivity index (χ1v) is 33.0. The third-order valence-electron chi connectivity index (χ3n) is 14.9. The van der Waals surface area contributed by atoms with Crippen molar-refractivity contribution in [1.82, 2.24) is 0 Å². The van der Waals surface area contributed by atoms with Crippen molar-refractivity contribution in [2.24, 2.45) is 0 Å². The van der Waals surface area contributed by atoms with E-state index < -0.39 is 16.1 Å². The summed E-state index contributed by atoms with van der Waals surface area (Å²) >= 11 is 0. The fraction of sp³-hybridized carbons (Fsp3) is 0.0857. The summed E-state index contributed by atoms with van der Waals surface area (Å²) in [6.45, 7) is 14.6. The van der Waals surface area contributed by atoms with Gasteiger partial charge in [-0.25, -0.2) is 0 Å². The average molecular weight is 985 g/mol. The zero-order valence-electron chi connectivity index (χ0n) is 43.1. The maximum atomic E-state index is 2.51. The van der Waals surface area contributed by atoms with E-state index in [9.17, 15) is 0 Å². The summed E-state index contributed by atoms with van der Waals surface area (Å²) < 4.78 is 0. The van der Waals surface area contributed by atoms with Gasteiger partial charge in [0.15, 0.2) is 0 Å². The third kappa shape index (κ3) is 8.70. The lowest BCUT2D eigenvalue weighted by Gasteiger charge is -2.31. The second kappa shape index (κ2) is 19.0. The molecule has 0 aliphatic rings. The molecule has 2 nitrogen and oxygen atoms in total. The Morgan fingerprint density at radius 1 is 0.243 bits per heavy atom. The molecule has 0 radical (unpaired) electrons. The number of rotatable bonds is 12. The minimum absolute atomic E-state index is 1.11. The molecule has 0 atom stereocenters. The molecule has 0 saturated carbocycles. The highest BCUT2D eigenvalue weighted by atomic mass is 28.3. The van der Waals surface area contributed by atoms with E-state index in [1.165, 1.54) is 87.2 Å². The van der Waals surface area contributed by atoms with Crippen LogP contribution in [0.2, 0.25) is 39.3 Å². The molecule has 12 aromatic rings. The van der Waals surface area contributed by atoms with Gasteiger partial charge in [0.2, 0.25) is 0 Å². The topological polar surface area (TPSA) is 6.48 Å². The fourth-order valence-corrected chi connectivity index (χ4v) is 13.4. The van der Waals surface area contributed by atoms with Crippen molar-refractivity contribution in [2.45, 2.75) is 39.3 Å². The second-order valence-corrected chi connectivity index (χ2v) is 31.9. The molecule has 0 spiro atoms. The summed E-state index contributed by atoms with van der Waals surface area (Å²) in [6.07, 6.45) is 0. The van der Waals surface area contributed by atoms with E-state index in [1.54, 1.807) is 0 Å². The van der Waals surface area contributed by atoms with Crippen LogP contribution in [0.5, 0.6) is 0 Å². The van der Waals surface area contributed by atoms with Crippen molar-refractivity contribution in [1.29, 1.82) is 0 Å². The summed E-state index contributed by atoms with van der Waals surface area (Å²) in [6, 6.07) is 95.1. The van der Waals surface area contributed by atoms with Gasteiger partial charge < -0.3 is 9.80 Å². The lowest BCUT2D eigenvalue weighted by Crippen LogP contribution is -2.37. The summed E-state index contributed by atoms with van der Waals surface area (Å²) in [4.78, 5) is 5.03. The molecule has 0 bridgehead atoms. The van der Waals surface area contributed by atoms with Crippen LogP contribution in [-0.2, 0) is 0 Å².